The van der Waals surface area contributed by atoms with Crippen LogP contribution in [0.5, 0.6) is 5.75 Å². The minimum Gasteiger partial charge on any atom is -0.482 e. The lowest BCUT2D eigenvalue weighted by molar-refractivity contribution is -0.153. The summed E-state index contributed by atoms with van der Waals surface area (Å²) in [5, 5.41) is -0.0462. The Labute approximate surface area is 201 Å². The Hall–Kier alpha value is -2.76. The summed E-state index contributed by atoms with van der Waals surface area (Å²) in [7, 11) is 0. The zero-order valence-corrected chi connectivity index (χ0v) is 19.4. The van der Waals surface area contributed by atoms with Gasteiger partial charge >= 0.3 is 6.18 Å². The number of nitrogens with zero attached hydrogens (tertiary/aromatic N) is 2. The van der Waals surface area contributed by atoms with Crippen LogP contribution in [-0.4, -0.2) is 39.9 Å². The number of benzene rings is 1. The van der Waals surface area contributed by atoms with Gasteiger partial charge < -0.3 is 10.5 Å². The number of hydrogen-bond donors (Lipinski definition) is 1. The summed E-state index contributed by atoms with van der Waals surface area (Å²) in [4.78, 5) is 21.1. The van der Waals surface area contributed by atoms with Crippen molar-refractivity contribution in [2.24, 2.45) is 16.6 Å². The zero-order valence-electron chi connectivity index (χ0n) is 18.6. The monoisotopic (exact) mass is 517 g/mol. The van der Waals surface area contributed by atoms with Gasteiger partial charge in [0, 0.05) is 17.9 Å². The number of nitrogens with two attached hydrogens (primary N) is 1. The molecule has 0 amide bonds. The van der Waals surface area contributed by atoms with E-state index in [0.717, 1.165) is 24.0 Å². The van der Waals surface area contributed by atoms with Gasteiger partial charge in [-0.2, -0.15) is 13.2 Å². The molecule has 0 spiro atoms. The average Bonchev–Trinajstić information content (AvgIpc) is 3.50. The first-order chi connectivity index (χ1) is 16.2. The minimum atomic E-state index is -4.51. The highest BCUT2D eigenvalue weighted by Crippen LogP contribution is 2.68. The first-order valence-corrected chi connectivity index (χ1v) is 11.4. The molecule has 188 valence electrons. The van der Waals surface area contributed by atoms with Gasteiger partial charge in [-0.25, -0.2) is 18.2 Å². The fourth-order valence-electron chi connectivity index (χ4n) is 4.53. The third kappa shape index (κ3) is 4.85. The number of carbonyl (C=O) groups is 1. The maximum atomic E-state index is 14.9. The van der Waals surface area contributed by atoms with Gasteiger partial charge in [-0.1, -0.05) is 17.8 Å². The summed E-state index contributed by atoms with van der Waals surface area (Å²) < 4.78 is 82.6. The maximum Gasteiger partial charge on any atom is 0.422 e. The number of hydrogen-bond acceptors (Lipinski definition) is 6. The second-order valence-corrected chi connectivity index (χ2v) is 10.2. The van der Waals surface area contributed by atoms with Gasteiger partial charge in [0.25, 0.3) is 6.43 Å². The lowest BCUT2D eigenvalue weighted by atomic mass is 9.84. The van der Waals surface area contributed by atoms with Gasteiger partial charge in [0.1, 0.15) is 17.3 Å². The van der Waals surface area contributed by atoms with Crippen LogP contribution in [0.3, 0.4) is 0 Å². The maximum absolute atomic E-state index is 14.9. The molecule has 2 N–H and O–H groups in total. The molecule has 2 aromatic rings. The van der Waals surface area contributed by atoms with Crippen molar-refractivity contribution in [1.29, 1.82) is 0 Å². The second kappa shape index (κ2) is 8.72. The lowest BCUT2D eigenvalue weighted by Gasteiger charge is -2.34. The van der Waals surface area contributed by atoms with Crippen LogP contribution in [0, 0.1) is 18.7 Å². The largest absolute Gasteiger partial charge is 0.482 e. The number of alkyl halides is 5. The molecule has 12 heteroatoms. The van der Waals surface area contributed by atoms with E-state index in [1.54, 1.807) is 6.92 Å². The molecule has 2 aliphatic rings. The Morgan fingerprint density at radius 3 is 2.66 bits per heavy atom. The van der Waals surface area contributed by atoms with Gasteiger partial charge in [0.15, 0.2) is 17.6 Å². The van der Waals surface area contributed by atoms with Gasteiger partial charge in [-0.15, -0.1) is 0 Å². The fourth-order valence-corrected chi connectivity index (χ4v) is 5.87. The molecular formula is C23H21F6N3O2S. The van der Waals surface area contributed by atoms with Crippen LogP contribution >= 0.6 is 11.8 Å². The molecule has 1 aliphatic heterocycles. The molecule has 4 rings (SSSR count). The van der Waals surface area contributed by atoms with Crippen molar-refractivity contribution in [1.82, 2.24) is 4.98 Å². The van der Waals surface area contributed by atoms with Gasteiger partial charge in [-0.3, -0.25) is 9.79 Å². The number of halogens is 6. The van der Waals surface area contributed by atoms with Crippen molar-refractivity contribution in [3.63, 3.8) is 0 Å². The van der Waals surface area contributed by atoms with Gasteiger partial charge in [-0.05, 0) is 49.6 Å². The number of aryl methyl sites for hydroxylation is 1. The Kier molecular flexibility index (Phi) is 6.31. The van der Waals surface area contributed by atoms with E-state index in [9.17, 15) is 31.1 Å². The van der Waals surface area contributed by atoms with Crippen molar-refractivity contribution in [3.8, 4) is 5.75 Å². The molecule has 1 aromatic carbocycles. The van der Waals surface area contributed by atoms with Crippen LogP contribution in [0.2, 0.25) is 0 Å². The molecule has 1 aliphatic carbocycles. The molecule has 0 bridgehead atoms. The molecule has 0 saturated heterocycles. The molecule has 1 fully saturated rings. The first-order valence-electron chi connectivity index (χ1n) is 10.6. The van der Waals surface area contributed by atoms with E-state index < -0.39 is 47.0 Å². The topological polar surface area (TPSA) is 77.6 Å². The quantitative estimate of drug-likeness (QED) is 0.404. The van der Waals surface area contributed by atoms with E-state index in [0.29, 0.717) is 11.1 Å². The van der Waals surface area contributed by atoms with Crippen molar-refractivity contribution >= 4 is 22.7 Å². The predicted molar refractivity (Wildman–Crippen MR) is 118 cm³/mol. The second-order valence-electron chi connectivity index (χ2n) is 8.87. The fraction of sp³-hybridized carbons (Fsp3) is 0.435. The molecule has 0 unspecified atom stereocenters. The lowest BCUT2D eigenvalue weighted by Crippen LogP contribution is -2.39. The predicted octanol–water partition coefficient (Wildman–Crippen LogP) is 5.20. The summed E-state index contributed by atoms with van der Waals surface area (Å²) in [6, 6.07) is 5.24. The van der Waals surface area contributed by atoms with Gasteiger partial charge in [0.05, 0.1) is 16.5 Å². The number of aliphatic imine (C=N–C) groups is 1. The van der Waals surface area contributed by atoms with Crippen molar-refractivity contribution in [2.75, 3.05) is 6.61 Å². The summed E-state index contributed by atoms with van der Waals surface area (Å²) in [5.41, 5.74) is 5.32. The highest BCUT2D eigenvalue weighted by molar-refractivity contribution is 8.15. The highest BCUT2D eigenvalue weighted by Gasteiger charge is 2.71. The number of ketones is 1. The number of ether oxygens (including phenoxy) is 1. The normalized spacial score (nSPS) is 25.7. The number of pyridine rings is 1. The van der Waals surface area contributed by atoms with E-state index >= 15 is 0 Å². The van der Waals surface area contributed by atoms with Crippen molar-refractivity contribution in [2.45, 2.75) is 49.6 Å². The zero-order chi connectivity index (χ0) is 25.8. The summed E-state index contributed by atoms with van der Waals surface area (Å²) in [6.45, 7) is 1.58. The van der Waals surface area contributed by atoms with E-state index in [1.165, 1.54) is 25.1 Å². The molecule has 3 atom stereocenters. The number of Topliss-reactive ketones (excluding diaryl/α,β-unsaturated/α-hetero) is 1. The Bertz CT molecular complexity index is 1200. The average molecular weight is 517 g/mol. The molecule has 2 heterocycles. The van der Waals surface area contributed by atoms with E-state index in [4.69, 9.17) is 5.73 Å². The van der Waals surface area contributed by atoms with Crippen LogP contribution in [0.4, 0.5) is 26.3 Å². The molecule has 0 radical (unpaired) electrons. The standard InChI is InChI=1S/C23H21F6N3O2S/c1-11-5-13(34-10-23(27,28)29)9-31-18(11)16(33)7-12-3-4-15(24)14(6-12)21(2)17-8-22(17,19(25)26)35-20(30)32-21/h3-6,9,17,19H,7-8,10H2,1-2H3,(H2,30,32)/t17-,21+,22-/m0/s1. The Morgan fingerprint density at radius 2 is 2.03 bits per heavy atom. The highest BCUT2D eigenvalue weighted by atomic mass is 32.2. The Morgan fingerprint density at radius 1 is 1.31 bits per heavy atom. The van der Waals surface area contributed by atoms with Crippen LogP contribution < -0.4 is 10.5 Å². The van der Waals surface area contributed by atoms with E-state index in [-0.39, 0.29) is 35.0 Å². The number of thioether (sulfide) groups is 1. The SMILES string of the molecule is Cc1cc(OCC(F)(F)F)cnc1C(=O)Cc1ccc(F)c([C@@]2(C)N=C(N)S[C@@]3(C(F)F)C[C@@H]23)c1. The number of rotatable bonds is 7. The van der Waals surface area contributed by atoms with Crippen LogP contribution in [0.25, 0.3) is 0 Å². The molecule has 1 saturated carbocycles. The summed E-state index contributed by atoms with van der Waals surface area (Å²) in [6.07, 6.45) is -6.21. The van der Waals surface area contributed by atoms with Crippen molar-refractivity contribution < 1.29 is 35.9 Å². The summed E-state index contributed by atoms with van der Waals surface area (Å²) >= 11 is 0.814. The number of fused-ring (bicyclic) bond motifs is 1. The molecular weight excluding hydrogens is 496 g/mol. The van der Waals surface area contributed by atoms with Crippen LogP contribution in [-0.2, 0) is 12.0 Å². The third-order valence-corrected chi connectivity index (χ3v) is 7.61. The van der Waals surface area contributed by atoms with Crippen molar-refractivity contribution in [3.05, 3.63) is 58.7 Å². The van der Waals surface area contributed by atoms with E-state index in [1.807, 2.05) is 0 Å². The smallest absolute Gasteiger partial charge is 0.422 e. The number of aromatic nitrogens is 1. The van der Waals surface area contributed by atoms with Crippen LogP contribution in [0.15, 0.2) is 35.5 Å². The molecule has 1 aromatic heterocycles. The molecule has 35 heavy (non-hydrogen) atoms. The summed E-state index contributed by atoms with van der Waals surface area (Å²) in [5.74, 6) is -1.86. The minimum absolute atomic E-state index is 0.0247. The number of carbonyl (C=O) groups excluding carboxylic acids is 1. The Balaban J connectivity index is 1.56. The first kappa shape index (κ1) is 25.3. The van der Waals surface area contributed by atoms with Crippen LogP contribution in [0.1, 0.15) is 40.5 Å². The third-order valence-electron chi connectivity index (χ3n) is 6.30. The van der Waals surface area contributed by atoms with E-state index in [2.05, 4.69) is 14.7 Å². The number of amidine groups is 1. The molecule has 5 nitrogen and oxygen atoms in total. The van der Waals surface area contributed by atoms with Gasteiger partial charge in [0.2, 0.25) is 0 Å².